The highest BCUT2D eigenvalue weighted by atomic mass is 19.2. The van der Waals surface area contributed by atoms with E-state index < -0.39 is 17.7 Å². The quantitative estimate of drug-likeness (QED) is 0.826. The molecule has 0 bridgehead atoms. The molecule has 1 aromatic carbocycles. The highest BCUT2D eigenvalue weighted by molar-refractivity contribution is 5.20. The van der Waals surface area contributed by atoms with Crippen molar-refractivity contribution in [1.29, 1.82) is 0 Å². The van der Waals surface area contributed by atoms with E-state index in [0.29, 0.717) is 5.82 Å². The van der Waals surface area contributed by atoms with Gasteiger partial charge in [0.2, 0.25) is 0 Å². The van der Waals surface area contributed by atoms with Crippen molar-refractivity contribution < 1.29 is 8.78 Å². The summed E-state index contributed by atoms with van der Waals surface area (Å²) in [4.78, 5) is 3.86. The molecule has 0 saturated heterocycles. The maximum atomic E-state index is 13.3. The van der Waals surface area contributed by atoms with E-state index in [0.717, 1.165) is 6.07 Å². The van der Waals surface area contributed by atoms with Gasteiger partial charge in [-0.1, -0.05) is 12.1 Å². The number of H-pyrrole nitrogens is 1. The van der Waals surface area contributed by atoms with Gasteiger partial charge in [0.05, 0.1) is 6.04 Å². The molecular weight excluding hydrogens is 214 g/mol. The SMILES string of the molecule is NC(Cc1cccc(F)c1F)c1ncn[nH]1. The number of aromatic nitrogens is 3. The summed E-state index contributed by atoms with van der Waals surface area (Å²) < 4.78 is 26.2. The normalized spacial score (nSPS) is 12.7. The Hall–Kier alpha value is -1.82. The average Bonchev–Trinajstić information content (AvgIpc) is 2.78. The first-order valence-corrected chi connectivity index (χ1v) is 4.72. The van der Waals surface area contributed by atoms with E-state index in [-0.39, 0.29) is 12.0 Å². The summed E-state index contributed by atoms with van der Waals surface area (Å²) >= 11 is 0. The Morgan fingerprint density at radius 1 is 1.38 bits per heavy atom. The summed E-state index contributed by atoms with van der Waals surface area (Å²) in [5.41, 5.74) is 5.99. The van der Waals surface area contributed by atoms with E-state index in [1.165, 1.54) is 18.5 Å². The number of benzene rings is 1. The molecule has 84 valence electrons. The van der Waals surface area contributed by atoms with Gasteiger partial charge in [-0.15, -0.1) is 0 Å². The number of hydrogen-bond acceptors (Lipinski definition) is 3. The van der Waals surface area contributed by atoms with Crippen LogP contribution < -0.4 is 5.73 Å². The number of nitrogens with zero attached hydrogens (tertiary/aromatic N) is 2. The number of rotatable bonds is 3. The smallest absolute Gasteiger partial charge is 0.162 e. The molecule has 1 heterocycles. The van der Waals surface area contributed by atoms with Crippen LogP contribution in [0.1, 0.15) is 17.4 Å². The number of halogens is 2. The summed E-state index contributed by atoms with van der Waals surface area (Å²) in [5.74, 6) is -1.29. The fourth-order valence-corrected chi connectivity index (χ4v) is 1.43. The molecule has 1 atom stereocenters. The first kappa shape index (κ1) is 10.7. The van der Waals surface area contributed by atoms with Crippen molar-refractivity contribution in [2.75, 3.05) is 0 Å². The van der Waals surface area contributed by atoms with Crippen LogP contribution in [0.25, 0.3) is 0 Å². The summed E-state index contributed by atoms with van der Waals surface area (Å²) in [6.45, 7) is 0. The van der Waals surface area contributed by atoms with E-state index in [1.807, 2.05) is 0 Å². The summed E-state index contributed by atoms with van der Waals surface area (Å²) in [6, 6.07) is 3.48. The van der Waals surface area contributed by atoms with E-state index in [4.69, 9.17) is 5.73 Å². The minimum absolute atomic E-state index is 0.165. The molecule has 0 aliphatic rings. The molecule has 16 heavy (non-hydrogen) atoms. The predicted octanol–water partition coefficient (Wildman–Crippen LogP) is 1.33. The van der Waals surface area contributed by atoms with Crippen molar-refractivity contribution in [3.05, 3.63) is 47.5 Å². The van der Waals surface area contributed by atoms with Crippen LogP contribution in [0.15, 0.2) is 24.5 Å². The zero-order chi connectivity index (χ0) is 11.5. The van der Waals surface area contributed by atoms with Gasteiger partial charge in [0.1, 0.15) is 12.2 Å². The number of aromatic amines is 1. The molecule has 0 radical (unpaired) electrons. The third-order valence-electron chi connectivity index (χ3n) is 2.26. The van der Waals surface area contributed by atoms with Crippen LogP contribution in [0.4, 0.5) is 8.78 Å². The second kappa shape index (κ2) is 4.36. The van der Waals surface area contributed by atoms with E-state index in [1.54, 1.807) is 0 Å². The van der Waals surface area contributed by atoms with E-state index >= 15 is 0 Å². The maximum Gasteiger partial charge on any atom is 0.162 e. The van der Waals surface area contributed by atoms with Crippen LogP contribution in [0.3, 0.4) is 0 Å². The predicted molar refractivity (Wildman–Crippen MR) is 53.4 cm³/mol. The Morgan fingerprint density at radius 3 is 2.88 bits per heavy atom. The lowest BCUT2D eigenvalue weighted by Crippen LogP contribution is -2.16. The van der Waals surface area contributed by atoms with Gasteiger partial charge < -0.3 is 5.73 Å². The minimum atomic E-state index is -0.873. The Morgan fingerprint density at radius 2 is 2.19 bits per heavy atom. The number of nitrogens with two attached hydrogens (primary N) is 1. The van der Waals surface area contributed by atoms with Gasteiger partial charge in [-0.25, -0.2) is 13.8 Å². The summed E-state index contributed by atoms with van der Waals surface area (Å²) in [6.07, 6.45) is 1.48. The molecule has 0 saturated carbocycles. The molecule has 2 rings (SSSR count). The van der Waals surface area contributed by atoms with Crippen LogP contribution in [0.5, 0.6) is 0 Å². The molecule has 0 spiro atoms. The molecule has 6 heteroatoms. The van der Waals surface area contributed by atoms with Crippen LogP contribution in [0, 0.1) is 11.6 Å². The lowest BCUT2D eigenvalue weighted by atomic mass is 10.1. The van der Waals surface area contributed by atoms with Crippen molar-refractivity contribution in [3.63, 3.8) is 0 Å². The van der Waals surface area contributed by atoms with Crippen LogP contribution in [0.2, 0.25) is 0 Å². The van der Waals surface area contributed by atoms with E-state index in [2.05, 4.69) is 15.2 Å². The fraction of sp³-hybridized carbons (Fsp3) is 0.200. The van der Waals surface area contributed by atoms with Crippen molar-refractivity contribution in [2.24, 2.45) is 5.73 Å². The molecule has 0 aliphatic carbocycles. The van der Waals surface area contributed by atoms with Gasteiger partial charge in [-0.3, -0.25) is 5.10 Å². The van der Waals surface area contributed by atoms with Gasteiger partial charge in [0, 0.05) is 0 Å². The Balaban J connectivity index is 2.18. The monoisotopic (exact) mass is 224 g/mol. The summed E-state index contributed by atoms with van der Waals surface area (Å²) in [7, 11) is 0. The lowest BCUT2D eigenvalue weighted by Gasteiger charge is -2.09. The topological polar surface area (TPSA) is 67.6 Å². The van der Waals surface area contributed by atoms with Gasteiger partial charge in [-0.05, 0) is 18.1 Å². The number of hydrogen-bond donors (Lipinski definition) is 2. The maximum absolute atomic E-state index is 13.3. The van der Waals surface area contributed by atoms with Crippen molar-refractivity contribution in [3.8, 4) is 0 Å². The zero-order valence-corrected chi connectivity index (χ0v) is 8.32. The molecule has 2 aromatic rings. The standard InChI is InChI=1S/C10H10F2N4/c11-7-3-1-2-6(9(7)12)4-8(13)10-14-5-15-16-10/h1-3,5,8H,4,13H2,(H,14,15,16). The molecule has 0 fully saturated rings. The van der Waals surface area contributed by atoms with Crippen LogP contribution >= 0.6 is 0 Å². The molecule has 1 unspecified atom stereocenters. The van der Waals surface area contributed by atoms with Crippen molar-refractivity contribution in [1.82, 2.24) is 15.2 Å². The minimum Gasteiger partial charge on any atom is -0.321 e. The molecule has 0 amide bonds. The molecule has 3 N–H and O–H groups in total. The lowest BCUT2D eigenvalue weighted by molar-refractivity contribution is 0.492. The van der Waals surface area contributed by atoms with Crippen molar-refractivity contribution in [2.45, 2.75) is 12.5 Å². The Kier molecular flexibility index (Phi) is 2.91. The van der Waals surface area contributed by atoms with Gasteiger partial charge in [0.15, 0.2) is 11.6 Å². The fourth-order valence-electron chi connectivity index (χ4n) is 1.43. The van der Waals surface area contributed by atoms with Crippen LogP contribution in [-0.2, 0) is 6.42 Å². The van der Waals surface area contributed by atoms with Crippen LogP contribution in [-0.4, -0.2) is 15.2 Å². The highest BCUT2D eigenvalue weighted by Crippen LogP contribution is 2.17. The second-order valence-electron chi connectivity index (χ2n) is 3.39. The van der Waals surface area contributed by atoms with Gasteiger partial charge >= 0.3 is 0 Å². The zero-order valence-electron chi connectivity index (χ0n) is 8.32. The third kappa shape index (κ3) is 2.06. The largest absolute Gasteiger partial charge is 0.321 e. The van der Waals surface area contributed by atoms with Gasteiger partial charge in [-0.2, -0.15) is 5.10 Å². The first-order chi connectivity index (χ1) is 7.68. The highest BCUT2D eigenvalue weighted by Gasteiger charge is 2.14. The second-order valence-corrected chi connectivity index (χ2v) is 3.39. The van der Waals surface area contributed by atoms with E-state index in [9.17, 15) is 8.78 Å². The molecule has 4 nitrogen and oxygen atoms in total. The Labute approximate surface area is 90.5 Å². The Bertz CT molecular complexity index is 470. The van der Waals surface area contributed by atoms with Crippen molar-refractivity contribution >= 4 is 0 Å². The first-order valence-electron chi connectivity index (χ1n) is 4.72. The van der Waals surface area contributed by atoms with Gasteiger partial charge in [0.25, 0.3) is 0 Å². The summed E-state index contributed by atoms with van der Waals surface area (Å²) in [5, 5.41) is 6.23. The third-order valence-corrected chi connectivity index (χ3v) is 2.26. The molecule has 1 aromatic heterocycles. The average molecular weight is 224 g/mol. The molecular formula is C10H10F2N4. The number of nitrogens with one attached hydrogen (secondary N) is 1. The molecule has 0 aliphatic heterocycles.